The van der Waals surface area contributed by atoms with Gasteiger partial charge in [0.05, 0.1) is 5.69 Å². The maximum atomic E-state index is 12.0. The van der Waals surface area contributed by atoms with Crippen LogP contribution in [0.2, 0.25) is 0 Å². The van der Waals surface area contributed by atoms with Gasteiger partial charge in [0.2, 0.25) is 5.91 Å². The molecule has 2 aromatic rings. The Morgan fingerprint density at radius 2 is 2.00 bits per heavy atom. The van der Waals surface area contributed by atoms with Crippen molar-refractivity contribution in [3.63, 3.8) is 0 Å². The molecule has 0 spiro atoms. The van der Waals surface area contributed by atoms with Crippen LogP contribution in [-0.2, 0) is 17.8 Å². The van der Waals surface area contributed by atoms with Gasteiger partial charge in [-0.1, -0.05) is 13.0 Å². The molecule has 2 heterocycles. The first kappa shape index (κ1) is 18.0. The molecule has 0 atom stereocenters. The molecule has 2 N–H and O–H groups in total. The second-order valence-electron chi connectivity index (χ2n) is 6.01. The lowest BCUT2D eigenvalue weighted by atomic mass is 10.1. The number of carbonyl (C=O) groups excluding carboxylic acids is 1. The molecule has 0 unspecified atom stereocenters. The highest BCUT2D eigenvalue weighted by Gasteiger charge is 2.12. The van der Waals surface area contributed by atoms with E-state index in [1.807, 2.05) is 39.1 Å². The Morgan fingerprint density at radius 3 is 2.62 bits per heavy atom. The summed E-state index contributed by atoms with van der Waals surface area (Å²) in [6, 6.07) is 3.98. The lowest BCUT2D eigenvalue weighted by molar-refractivity contribution is -0.121. The summed E-state index contributed by atoms with van der Waals surface area (Å²) in [6.45, 7) is 9.82. The topological polar surface area (TPSA) is 71.8 Å². The van der Waals surface area contributed by atoms with E-state index in [2.05, 4.69) is 27.6 Å². The highest BCUT2D eigenvalue weighted by Crippen LogP contribution is 2.13. The number of nitrogens with zero attached hydrogens (tertiary/aromatic N) is 3. The van der Waals surface area contributed by atoms with Crippen LogP contribution in [0.15, 0.2) is 18.3 Å². The van der Waals surface area contributed by atoms with Crippen LogP contribution in [0, 0.1) is 20.8 Å². The lowest BCUT2D eigenvalue weighted by Crippen LogP contribution is -2.30. The van der Waals surface area contributed by atoms with Gasteiger partial charge in [-0.2, -0.15) is 5.10 Å². The van der Waals surface area contributed by atoms with Crippen molar-refractivity contribution in [3.8, 4) is 0 Å². The summed E-state index contributed by atoms with van der Waals surface area (Å²) in [6.07, 6.45) is 3.62. The second kappa shape index (κ2) is 8.47. The number of anilines is 1. The molecule has 0 aromatic carbocycles. The molecule has 2 rings (SSSR count). The minimum absolute atomic E-state index is 0.00304. The number of amides is 1. The molecule has 130 valence electrons. The fourth-order valence-corrected chi connectivity index (χ4v) is 2.70. The van der Waals surface area contributed by atoms with Gasteiger partial charge in [-0.3, -0.25) is 9.48 Å². The molecule has 0 fully saturated rings. The molecular formula is C18H27N5O. The Morgan fingerprint density at radius 1 is 1.21 bits per heavy atom. The van der Waals surface area contributed by atoms with Crippen LogP contribution in [0.3, 0.4) is 0 Å². The molecule has 1 amide bonds. The maximum absolute atomic E-state index is 12.0. The summed E-state index contributed by atoms with van der Waals surface area (Å²) < 4.78 is 1.79. The van der Waals surface area contributed by atoms with Gasteiger partial charge >= 0.3 is 0 Å². The van der Waals surface area contributed by atoms with E-state index in [9.17, 15) is 4.79 Å². The lowest BCUT2D eigenvalue weighted by Gasteiger charge is -2.08. The summed E-state index contributed by atoms with van der Waals surface area (Å²) in [5.74, 6) is 0.860. The average Bonchev–Trinajstić information content (AvgIpc) is 2.82. The first-order chi connectivity index (χ1) is 11.5. The number of hydrogen-bond donors (Lipinski definition) is 2. The average molecular weight is 329 g/mol. The van der Waals surface area contributed by atoms with Crippen molar-refractivity contribution in [2.75, 3.05) is 18.4 Å². The molecule has 0 saturated carbocycles. The normalized spacial score (nSPS) is 10.7. The summed E-state index contributed by atoms with van der Waals surface area (Å²) in [5.41, 5.74) is 4.47. The maximum Gasteiger partial charge on any atom is 0.241 e. The van der Waals surface area contributed by atoms with Gasteiger partial charge in [-0.05, 0) is 50.8 Å². The van der Waals surface area contributed by atoms with Gasteiger partial charge in [-0.15, -0.1) is 0 Å². The van der Waals surface area contributed by atoms with Crippen LogP contribution in [0.4, 0.5) is 5.82 Å². The highest BCUT2D eigenvalue weighted by molar-refractivity contribution is 5.75. The van der Waals surface area contributed by atoms with E-state index in [1.165, 1.54) is 5.56 Å². The molecule has 2 aromatic heterocycles. The summed E-state index contributed by atoms with van der Waals surface area (Å²) in [5, 5.41) is 10.6. The summed E-state index contributed by atoms with van der Waals surface area (Å²) in [4.78, 5) is 16.3. The van der Waals surface area contributed by atoms with Crippen molar-refractivity contribution >= 4 is 11.7 Å². The van der Waals surface area contributed by atoms with E-state index in [1.54, 1.807) is 4.68 Å². The predicted octanol–water partition coefficient (Wildman–Crippen LogP) is 2.38. The zero-order chi connectivity index (χ0) is 17.5. The Labute approximate surface area is 143 Å². The fraction of sp³-hybridized carbons (Fsp3) is 0.500. The van der Waals surface area contributed by atoms with Crippen molar-refractivity contribution in [2.45, 2.75) is 47.1 Å². The van der Waals surface area contributed by atoms with Crippen LogP contribution in [0.1, 0.15) is 35.9 Å². The molecular weight excluding hydrogens is 302 g/mol. The third-order valence-corrected chi connectivity index (χ3v) is 4.07. The van der Waals surface area contributed by atoms with Crippen molar-refractivity contribution in [1.29, 1.82) is 0 Å². The van der Waals surface area contributed by atoms with E-state index in [0.29, 0.717) is 6.54 Å². The van der Waals surface area contributed by atoms with Crippen LogP contribution in [0.25, 0.3) is 0 Å². The fourth-order valence-electron chi connectivity index (χ4n) is 2.70. The number of aromatic nitrogens is 3. The zero-order valence-electron chi connectivity index (χ0n) is 15.0. The van der Waals surface area contributed by atoms with Gasteiger partial charge in [-0.25, -0.2) is 4.98 Å². The molecule has 0 aliphatic heterocycles. The Balaban J connectivity index is 1.69. The highest BCUT2D eigenvalue weighted by atomic mass is 16.2. The van der Waals surface area contributed by atoms with E-state index >= 15 is 0 Å². The predicted molar refractivity (Wildman–Crippen MR) is 96.2 cm³/mol. The quantitative estimate of drug-likeness (QED) is 0.730. The standard InChI is InChI=1S/C18H27N5O/c1-5-16-14(3)22-23(15(16)4)12-18(24)20-10-6-9-19-17-8-7-13(2)11-21-17/h7-8,11H,5-6,9-10,12H2,1-4H3,(H,19,21)(H,20,24). The number of pyridine rings is 1. The van der Waals surface area contributed by atoms with Crippen LogP contribution in [0.5, 0.6) is 0 Å². The molecule has 6 nitrogen and oxygen atoms in total. The van der Waals surface area contributed by atoms with Gasteiger partial charge in [0.25, 0.3) is 0 Å². The number of aryl methyl sites for hydroxylation is 2. The Bertz CT molecular complexity index is 675. The van der Waals surface area contributed by atoms with Gasteiger partial charge < -0.3 is 10.6 Å². The second-order valence-corrected chi connectivity index (χ2v) is 6.01. The van der Waals surface area contributed by atoms with Crippen molar-refractivity contribution < 1.29 is 4.79 Å². The minimum Gasteiger partial charge on any atom is -0.370 e. The molecule has 0 saturated heterocycles. The van der Waals surface area contributed by atoms with Crippen LogP contribution < -0.4 is 10.6 Å². The minimum atomic E-state index is -0.00304. The van der Waals surface area contributed by atoms with Gasteiger partial charge in [0.15, 0.2) is 0 Å². The molecule has 0 bridgehead atoms. The molecule has 0 aliphatic carbocycles. The number of nitrogens with one attached hydrogen (secondary N) is 2. The number of rotatable bonds is 8. The van der Waals surface area contributed by atoms with E-state index in [-0.39, 0.29) is 12.5 Å². The van der Waals surface area contributed by atoms with E-state index in [4.69, 9.17) is 0 Å². The third-order valence-electron chi connectivity index (χ3n) is 4.07. The van der Waals surface area contributed by atoms with Crippen LogP contribution >= 0.6 is 0 Å². The largest absolute Gasteiger partial charge is 0.370 e. The van der Waals surface area contributed by atoms with E-state index < -0.39 is 0 Å². The third kappa shape index (κ3) is 4.81. The number of hydrogen-bond acceptors (Lipinski definition) is 4. The Hall–Kier alpha value is -2.37. The molecule has 6 heteroatoms. The first-order valence-electron chi connectivity index (χ1n) is 8.47. The van der Waals surface area contributed by atoms with Crippen molar-refractivity contribution in [3.05, 3.63) is 40.8 Å². The smallest absolute Gasteiger partial charge is 0.241 e. The first-order valence-corrected chi connectivity index (χ1v) is 8.47. The van der Waals surface area contributed by atoms with E-state index in [0.717, 1.165) is 42.2 Å². The van der Waals surface area contributed by atoms with Gasteiger partial charge in [0, 0.05) is 25.0 Å². The summed E-state index contributed by atoms with van der Waals surface area (Å²) >= 11 is 0. The van der Waals surface area contributed by atoms with Crippen molar-refractivity contribution in [1.82, 2.24) is 20.1 Å². The zero-order valence-corrected chi connectivity index (χ0v) is 15.0. The van der Waals surface area contributed by atoms with Crippen molar-refractivity contribution in [2.24, 2.45) is 0 Å². The monoisotopic (exact) mass is 329 g/mol. The molecule has 0 aliphatic rings. The summed E-state index contributed by atoms with van der Waals surface area (Å²) in [7, 11) is 0. The van der Waals surface area contributed by atoms with Gasteiger partial charge in [0.1, 0.15) is 12.4 Å². The number of carbonyl (C=O) groups is 1. The SMILES string of the molecule is CCc1c(C)nn(CC(=O)NCCCNc2ccc(C)cn2)c1C. The molecule has 24 heavy (non-hydrogen) atoms. The Kier molecular flexibility index (Phi) is 6.35. The molecule has 0 radical (unpaired) electrons. The van der Waals surface area contributed by atoms with Crippen LogP contribution in [-0.4, -0.2) is 33.8 Å².